The van der Waals surface area contributed by atoms with Gasteiger partial charge in [-0.05, 0) is 32.8 Å². The molecular formula is C17H23NO3. The van der Waals surface area contributed by atoms with Crippen molar-refractivity contribution in [1.82, 2.24) is 4.90 Å². The van der Waals surface area contributed by atoms with Crippen molar-refractivity contribution < 1.29 is 14.6 Å². The van der Waals surface area contributed by atoms with Gasteiger partial charge in [0.25, 0.3) is 0 Å². The van der Waals surface area contributed by atoms with Crippen LogP contribution in [0, 0.1) is 0 Å². The molecule has 1 aromatic carbocycles. The Kier molecular flexibility index (Phi) is 4.68. The molecule has 0 aromatic heterocycles. The smallest absolute Gasteiger partial charge is 0.338 e. The molecule has 0 saturated carbocycles. The first kappa shape index (κ1) is 15.6. The molecule has 0 amide bonds. The van der Waals surface area contributed by atoms with Gasteiger partial charge in [0.2, 0.25) is 0 Å². The largest absolute Gasteiger partial charge is 0.510 e. The normalized spacial score (nSPS) is 16.9. The van der Waals surface area contributed by atoms with Gasteiger partial charge in [-0.2, -0.15) is 0 Å². The van der Waals surface area contributed by atoms with E-state index in [1.165, 1.54) is 5.56 Å². The van der Waals surface area contributed by atoms with Crippen LogP contribution in [0.5, 0.6) is 0 Å². The minimum absolute atomic E-state index is 0.131. The highest BCUT2D eigenvalue weighted by molar-refractivity contribution is 5.89. The first-order valence-electron chi connectivity index (χ1n) is 7.26. The van der Waals surface area contributed by atoms with E-state index in [0.29, 0.717) is 18.5 Å². The molecule has 21 heavy (non-hydrogen) atoms. The Bertz CT molecular complexity index is 529. The third-order valence-electron chi connectivity index (χ3n) is 3.29. The van der Waals surface area contributed by atoms with Crippen LogP contribution in [-0.2, 0) is 16.1 Å². The second-order valence-corrected chi connectivity index (χ2v) is 6.37. The Hall–Kier alpha value is -1.81. The van der Waals surface area contributed by atoms with E-state index >= 15 is 0 Å². The van der Waals surface area contributed by atoms with Crippen molar-refractivity contribution in [3.8, 4) is 0 Å². The number of ether oxygens (including phenoxy) is 1. The molecule has 1 aliphatic heterocycles. The molecule has 0 saturated heterocycles. The highest BCUT2D eigenvalue weighted by Gasteiger charge is 2.27. The molecule has 0 radical (unpaired) electrons. The molecule has 1 N–H and O–H groups in total. The number of aliphatic hydroxyl groups is 1. The molecule has 0 atom stereocenters. The highest BCUT2D eigenvalue weighted by atomic mass is 16.6. The lowest BCUT2D eigenvalue weighted by Crippen LogP contribution is -2.35. The lowest BCUT2D eigenvalue weighted by atomic mass is 10.1. The number of esters is 1. The number of aliphatic hydroxyl groups excluding tert-OH is 1. The summed E-state index contributed by atoms with van der Waals surface area (Å²) in [5.41, 5.74) is 1.08. The van der Waals surface area contributed by atoms with Crippen LogP contribution in [-0.4, -0.2) is 34.7 Å². The SMILES string of the molecule is CC(C)(C)OC(=O)C1=C(O)CN(Cc2ccccc2)CC1. The molecule has 0 fully saturated rings. The zero-order valence-electron chi connectivity index (χ0n) is 12.9. The van der Waals surface area contributed by atoms with Crippen molar-refractivity contribution in [2.24, 2.45) is 0 Å². The van der Waals surface area contributed by atoms with Gasteiger partial charge in [0.1, 0.15) is 11.4 Å². The van der Waals surface area contributed by atoms with E-state index in [4.69, 9.17) is 4.74 Å². The molecular weight excluding hydrogens is 266 g/mol. The van der Waals surface area contributed by atoms with Gasteiger partial charge in [-0.3, -0.25) is 4.90 Å². The van der Waals surface area contributed by atoms with Crippen LogP contribution >= 0.6 is 0 Å². The maximum atomic E-state index is 12.0. The van der Waals surface area contributed by atoms with Crippen LogP contribution in [0.1, 0.15) is 32.8 Å². The molecule has 1 aliphatic rings. The lowest BCUT2D eigenvalue weighted by molar-refractivity contribution is -0.150. The fourth-order valence-electron chi connectivity index (χ4n) is 2.34. The summed E-state index contributed by atoms with van der Waals surface area (Å²) in [5.74, 6) is -0.272. The molecule has 0 aliphatic carbocycles. The summed E-state index contributed by atoms with van der Waals surface area (Å²) in [7, 11) is 0. The summed E-state index contributed by atoms with van der Waals surface area (Å²) < 4.78 is 5.33. The van der Waals surface area contributed by atoms with Gasteiger partial charge in [0.05, 0.1) is 12.1 Å². The minimum atomic E-state index is -0.536. The van der Waals surface area contributed by atoms with Gasteiger partial charge in [-0.1, -0.05) is 30.3 Å². The predicted molar refractivity (Wildman–Crippen MR) is 81.8 cm³/mol. The monoisotopic (exact) mass is 289 g/mol. The molecule has 1 heterocycles. The number of carbonyl (C=O) groups excluding carboxylic acids is 1. The number of hydrogen-bond acceptors (Lipinski definition) is 4. The number of hydrogen-bond donors (Lipinski definition) is 1. The average molecular weight is 289 g/mol. The second kappa shape index (κ2) is 6.31. The van der Waals surface area contributed by atoms with Crippen molar-refractivity contribution in [2.45, 2.75) is 39.3 Å². The standard InChI is InChI=1S/C17H23NO3/c1-17(2,3)21-16(20)14-9-10-18(12-15(14)19)11-13-7-5-4-6-8-13/h4-8,19H,9-12H2,1-3H3. The lowest BCUT2D eigenvalue weighted by Gasteiger charge is -2.29. The van der Waals surface area contributed by atoms with Crippen LogP contribution in [0.15, 0.2) is 41.7 Å². The number of nitrogens with zero attached hydrogens (tertiary/aromatic N) is 1. The molecule has 114 valence electrons. The Morgan fingerprint density at radius 3 is 2.52 bits per heavy atom. The van der Waals surface area contributed by atoms with Crippen LogP contribution in [0.2, 0.25) is 0 Å². The van der Waals surface area contributed by atoms with Crippen LogP contribution < -0.4 is 0 Å². The zero-order chi connectivity index (χ0) is 15.5. The molecule has 0 unspecified atom stereocenters. The van der Waals surface area contributed by atoms with Gasteiger partial charge in [0.15, 0.2) is 0 Å². The fraction of sp³-hybridized carbons (Fsp3) is 0.471. The van der Waals surface area contributed by atoms with Gasteiger partial charge < -0.3 is 9.84 Å². The van der Waals surface area contributed by atoms with E-state index in [9.17, 15) is 9.90 Å². The van der Waals surface area contributed by atoms with Crippen molar-refractivity contribution in [1.29, 1.82) is 0 Å². The second-order valence-electron chi connectivity index (χ2n) is 6.37. The van der Waals surface area contributed by atoms with E-state index < -0.39 is 11.6 Å². The first-order valence-corrected chi connectivity index (χ1v) is 7.26. The Labute approximate surface area is 126 Å². The van der Waals surface area contributed by atoms with E-state index in [1.54, 1.807) is 0 Å². The maximum Gasteiger partial charge on any atom is 0.338 e. The number of rotatable bonds is 3. The zero-order valence-corrected chi connectivity index (χ0v) is 12.9. The van der Waals surface area contributed by atoms with Gasteiger partial charge in [-0.15, -0.1) is 0 Å². The van der Waals surface area contributed by atoms with Crippen LogP contribution in [0.3, 0.4) is 0 Å². The van der Waals surface area contributed by atoms with Crippen LogP contribution in [0.4, 0.5) is 0 Å². The summed E-state index contributed by atoms with van der Waals surface area (Å²) in [6, 6.07) is 10.1. The molecule has 4 heteroatoms. The van der Waals surface area contributed by atoms with Crippen molar-refractivity contribution in [2.75, 3.05) is 13.1 Å². The van der Waals surface area contributed by atoms with E-state index in [0.717, 1.165) is 13.1 Å². The van der Waals surface area contributed by atoms with Crippen molar-refractivity contribution >= 4 is 5.97 Å². The summed E-state index contributed by atoms with van der Waals surface area (Å²) >= 11 is 0. The third-order valence-corrected chi connectivity index (χ3v) is 3.29. The van der Waals surface area contributed by atoms with Gasteiger partial charge in [-0.25, -0.2) is 4.79 Å². The van der Waals surface area contributed by atoms with Crippen LogP contribution in [0.25, 0.3) is 0 Å². The Morgan fingerprint density at radius 2 is 1.95 bits per heavy atom. The van der Waals surface area contributed by atoms with Gasteiger partial charge >= 0.3 is 5.97 Å². The summed E-state index contributed by atoms with van der Waals surface area (Å²) in [6.45, 7) is 7.39. The molecule has 0 spiro atoms. The van der Waals surface area contributed by atoms with Gasteiger partial charge in [0, 0.05) is 13.1 Å². The Balaban J connectivity index is 1.99. The molecule has 1 aromatic rings. The summed E-state index contributed by atoms with van der Waals surface area (Å²) in [4.78, 5) is 14.2. The number of benzene rings is 1. The average Bonchev–Trinajstić information content (AvgIpc) is 2.37. The van der Waals surface area contributed by atoms with Crippen molar-refractivity contribution in [3.63, 3.8) is 0 Å². The summed E-state index contributed by atoms with van der Waals surface area (Å²) in [6.07, 6.45) is 0.521. The van der Waals surface area contributed by atoms with E-state index in [1.807, 2.05) is 39.0 Å². The fourth-order valence-corrected chi connectivity index (χ4v) is 2.34. The highest BCUT2D eigenvalue weighted by Crippen LogP contribution is 2.21. The quantitative estimate of drug-likeness (QED) is 0.869. The van der Waals surface area contributed by atoms with Crippen molar-refractivity contribution in [3.05, 3.63) is 47.2 Å². The Morgan fingerprint density at radius 1 is 1.29 bits per heavy atom. The third kappa shape index (κ3) is 4.60. The summed E-state index contributed by atoms with van der Waals surface area (Å²) in [5, 5.41) is 10.1. The topological polar surface area (TPSA) is 49.8 Å². The molecule has 4 nitrogen and oxygen atoms in total. The first-order chi connectivity index (χ1) is 9.85. The minimum Gasteiger partial charge on any atom is -0.510 e. The van der Waals surface area contributed by atoms with E-state index in [2.05, 4.69) is 17.0 Å². The van der Waals surface area contributed by atoms with E-state index in [-0.39, 0.29) is 5.76 Å². The predicted octanol–water partition coefficient (Wildman–Crippen LogP) is 3.05. The maximum absolute atomic E-state index is 12.0. The molecule has 2 rings (SSSR count). The number of carbonyl (C=O) groups is 1. The molecule has 0 bridgehead atoms.